The van der Waals surface area contributed by atoms with Crippen LogP contribution < -0.4 is 5.73 Å². The monoisotopic (exact) mass is 297 g/mol. The van der Waals surface area contributed by atoms with E-state index in [1.165, 1.54) is 13.1 Å². The molecule has 0 unspecified atom stereocenters. The second-order valence-electron chi connectivity index (χ2n) is 4.71. The zero-order valence-corrected chi connectivity index (χ0v) is 11.3. The van der Waals surface area contributed by atoms with Crippen LogP contribution in [-0.4, -0.2) is 35.6 Å². The predicted molar refractivity (Wildman–Crippen MR) is 73.8 cm³/mol. The van der Waals surface area contributed by atoms with Gasteiger partial charge < -0.3 is 10.6 Å². The number of fused-ring (bicyclic) bond motifs is 1. The number of halogens is 3. The number of rotatable bonds is 3. The van der Waals surface area contributed by atoms with E-state index in [2.05, 4.69) is 4.98 Å². The molecule has 0 aliphatic carbocycles. The average Bonchev–Trinajstić information content (AvgIpc) is 2.43. The fourth-order valence-corrected chi connectivity index (χ4v) is 1.93. The van der Waals surface area contributed by atoms with Gasteiger partial charge in [0.25, 0.3) is 5.91 Å². The number of nitrogen functional groups attached to an aromatic ring is 1. The summed E-state index contributed by atoms with van der Waals surface area (Å²) < 4.78 is 36.5. The van der Waals surface area contributed by atoms with Crippen LogP contribution in [0.15, 0.2) is 30.3 Å². The molecular weight excluding hydrogens is 283 g/mol. The largest absolute Gasteiger partial charge is 0.390 e. The molecule has 0 saturated heterocycles. The maximum atomic E-state index is 12.2. The first-order valence-corrected chi connectivity index (χ1v) is 6.25. The Morgan fingerprint density at radius 3 is 2.67 bits per heavy atom. The second-order valence-corrected chi connectivity index (χ2v) is 4.71. The number of nitrogens with two attached hydrogens (primary N) is 1. The first-order chi connectivity index (χ1) is 9.78. The van der Waals surface area contributed by atoms with Crippen molar-refractivity contribution in [3.63, 3.8) is 0 Å². The van der Waals surface area contributed by atoms with Gasteiger partial charge in [-0.3, -0.25) is 4.79 Å². The zero-order chi connectivity index (χ0) is 15.6. The van der Waals surface area contributed by atoms with Crippen molar-refractivity contribution in [2.24, 2.45) is 0 Å². The Morgan fingerprint density at radius 1 is 1.33 bits per heavy atom. The highest BCUT2D eigenvalue weighted by Crippen LogP contribution is 2.22. The number of hydrogen-bond donors (Lipinski definition) is 1. The molecule has 1 aromatic heterocycles. The molecule has 2 aromatic rings. The average molecular weight is 297 g/mol. The smallest absolute Gasteiger partial charge is 0.383 e. The van der Waals surface area contributed by atoms with Gasteiger partial charge in [-0.1, -0.05) is 24.3 Å². The lowest BCUT2D eigenvalue weighted by atomic mass is 10.1. The first-order valence-electron chi connectivity index (χ1n) is 6.25. The molecule has 0 spiro atoms. The van der Waals surface area contributed by atoms with Gasteiger partial charge in [-0.05, 0) is 11.5 Å². The minimum atomic E-state index is -4.30. The van der Waals surface area contributed by atoms with E-state index in [0.717, 1.165) is 10.3 Å². The lowest BCUT2D eigenvalue weighted by molar-refractivity contribution is -0.136. The Balaban J connectivity index is 2.23. The number of benzene rings is 1. The van der Waals surface area contributed by atoms with Crippen LogP contribution in [0.5, 0.6) is 0 Å². The van der Waals surface area contributed by atoms with Crippen molar-refractivity contribution in [1.29, 1.82) is 0 Å². The number of carbonyl (C=O) groups is 1. The molecule has 2 N–H and O–H groups in total. The van der Waals surface area contributed by atoms with Crippen molar-refractivity contribution in [2.45, 2.75) is 12.6 Å². The van der Waals surface area contributed by atoms with Gasteiger partial charge in [0.05, 0.1) is 6.42 Å². The Morgan fingerprint density at radius 2 is 2.00 bits per heavy atom. The fourth-order valence-electron chi connectivity index (χ4n) is 1.93. The van der Waals surface area contributed by atoms with Gasteiger partial charge in [-0.2, -0.15) is 13.2 Å². The maximum absolute atomic E-state index is 12.2. The Labute approximate surface area is 119 Å². The van der Waals surface area contributed by atoms with E-state index in [1.54, 1.807) is 24.3 Å². The summed E-state index contributed by atoms with van der Waals surface area (Å²) in [6, 6.07) is 8.62. The lowest BCUT2D eigenvalue weighted by Gasteiger charge is -2.18. The van der Waals surface area contributed by atoms with Crippen LogP contribution in [0.2, 0.25) is 0 Å². The van der Waals surface area contributed by atoms with E-state index < -0.39 is 25.0 Å². The molecule has 4 nitrogen and oxygen atoms in total. The van der Waals surface area contributed by atoms with Gasteiger partial charge in [0.1, 0.15) is 11.5 Å². The number of aromatic nitrogens is 1. The third kappa shape index (κ3) is 3.62. The van der Waals surface area contributed by atoms with Crippen molar-refractivity contribution < 1.29 is 18.0 Å². The summed E-state index contributed by atoms with van der Waals surface area (Å²) in [5, 5.41) is 1.42. The van der Waals surface area contributed by atoms with Gasteiger partial charge in [-0.15, -0.1) is 0 Å². The first kappa shape index (κ1) is 15.1. The summed E-state index contributed by atoms with van der Waals surface area (Å²) in [5.41, 5.74) is 5.81. The quantitative estimate of drug-likeness (QED) is 0.947. The van der Waals surface area contributed by atoms with Crippen LogP contribution in [0.1, 0.15) is 16.9 Å². The molecule has 1 heterocycles. The van der Waals surface area contributed by atoms with E-state index in [-0.39, 0.29) is 11.5 Å². The zero-order valence-electron chi connectivity index (χ0n) is 11.3. The molecule has 0 radical (unpaired) electrons. The standard InChI is InChI=1S/C14H14F3N3O/c1-20(7-6-14(15,16)17)13(21)11-8-9-4-2-3-5-10(9)12(18)19-11/h2-5,8H,6-7H2,1H3,(H2,18,19). The molecule has 0 atom stereocenters. The Hall–Kier alpha value is -2.31. The summed E-state index contributed by atoms with van der Waals surface area (Å²) in [7, 11) is 1.31. The summed E-state index contributed by atoms with van der Waals surface area (Å²) in [5.74, 6) is -0.405. The summed E-state index contributed by atoms with van der Waals surface area (Å²) in [6.07, 6.45) is -5.36. The molecule has 7 heteroatoms. The summed E-state index contributed by atoms with van der Waals surface area (Å²) >= 11 is 0. The van der Waals surface area contributed by atoms with Crippen molar-refractivity contribution in [3.05, 3.63) is 36.0 Å². The van der Waals surface area contributed by atoms with E-state index in [0.29, 0.717) is 5.39 Å². The lowest BCUT2D eigenvalue weighted by Crippen LogP contribution is -2.31. The van der Waals surface area contributed by atoms with Gasteiger partial charge in [0.15, 0.2) is 0 Å². The molecule has 0 bridgehead atoms. The van der Waals surface area contributed by atoms with Crippen molar-refractivity contribution in [1.82, 2.24) is 9.88 Å². The van der Waals surface area contributed by atoms with Crippen molar-refractivity contribution >= 4 is 22.5 Å². The fraction of sp³-hybridized carbons (Fsp3) is 0.286. The van der Waals surface area contributed by atoms with Crippen LogP contribution >= 0.6 is 0 Å². The molecule has 2 rings (SSSR count). The highest BCUT2D eigenvalue weighted by Gasteiger charge is 2.28. The van der Waals surface area contributed by atoms with Crippen LogP contribution in [0, 0.1) is 0 Å². The van der Waals surface area contributed by atoms with E-state index in [9.17, 15) is 18.0 Å². The molecule has 112 valence electrons. The summed E-state index contributed by atoms with van der Waals surface area (Å²) in [4.78, 5) is 17.1. The van der Waals surface area contributed by atoms with Gasteiger partial charge in [0, 0.05) is 19.0 Å². The predicted octanol–water partition coefficient (Wildman–Crippen LogP) is 2.84. The van der Waals surface area contributed by atoms with Gasteiger partial charge >= 0.3 is 6.18 Å². The number of amides is 1. The van der Waals surface area contributed by atoms with Crippen molar-refractivity contribution in [2.75, 3.05) is 19.3 Å². The molecule has 0 fully saturated rings. The molecule has 0 saturated carbocycles. The molecular formula is C14H14F3N3O. The maximum Gasteiger partial charge on any atom is 0.390 e. The van der Waals surface area contributed by atoms with Crippen LogP contribution in [0.25, 0.3) is 10.8 Å². The topological polar surface area (TPSA) is 59.2 Å². The third-order valence-electron chi connectivity index (χ3n) is 3.07. The third-order valence-corrected chi connectivity index (χ3v) is 3.07. The molecule has 0 aliphatic rings. The number of nitrogens with zero attached hydrogens (tertiary/aromatic N) is 2. The SMILES string of the molecule is CN(CCC(F)(F)F)C(=O)c1cc2ccccc2c(N)n1. The number of hydrogen-bond acceptors (Lipinski definition) is 3. The van der Waals surface area contributed by atoms with Gasteiger partial charge in [-0.25, -0.2) is 4.98 Å². The van der Waals surface area contributed by atoms with Crippen LogP contribution in [0.3, 0.4) is 0 Å². The molecule has 0 aliphatic heterocycles. The highest BCUT2D eigenvalue weighted by atomic mass is 19.4. The van der Waals surface area contributed by atoms with Gasteiger partial charge in [0.2, 0.25) is 0 Å². The molecule has 1 amide bonds. The van der Waals surface area contributed by atoms with Crippen molar-refractivity contribution in [3.8, 4) is 0 Å². The minimum Gasteiger partial charge on any atom is -0.383 e. The number of alkyl halides is 3. The van der Waals surface area contributed by atoms with Crippen LogP contribution in [0.4, 0.5) is 19.0 Å². The number of anilines is 1. The highest BCUT2D eigenvalue weighted by molar-refractivity contribution is 5.99. The van der Waals surface area contributed by atoms with E-state index >= 15 is 0 Å². The molecule has 1 aromatic carbocycles. The molecule has 21 heavy (non-hydrogen) atoms. The number of carbonyl (C=O) groups excluding carboxylic acids is 1. The van der Waals surface area contributed by atoms with E-state index in [4.69, 9.17) is 5.73 Å². The number of pyridine rings is 1. The van der Waals surface area contributed by atoms with E-state index in [1.807, 2.05) is 0 Å². The normalized spacial score (nSPS) is 11.6. The van der Waals surface area contributed by atoms with Crippen LogP contribution in [-0.2, 0) is 0 Å². The Kier molecular flexibility index (Phi) is 4.02. The second kappa shape index (κ2) is 5.59. The Bertz CT molecular complexity index is 670. The summed E-state index contributed by atoms with van der Waals surface area (Å²) in [6.45, 7) is -0.420. The minimum absolute atomic E-state index is 0.0378.